The van der Waals surface area contributed by atoms with Crippen LogP contribution in [-0.2, 0) is 20.8 Å². The lowest BCUT2D eigenvalue weighted by Gasteiger charge is -2.12. The van der Waals surface area contributed by atoms with E-state index in [0.717, 1.165) is 22.3 Å². The number of hydrogen-bond donors (Lipinski definition) is 1. The number of thioether (sulfide) groups is 1. The van der Waals surface area contributed by atoms with Gasteiger partial charge >= 0.3 is 5.97 Å². The first-order valence-corrected chi connectivity index (χ1v) is 9.35. The Morgan fingerprint density at radius 3 is 2.92 bits per heavy atom. The molecule has 2 heterocycles. The lowest BCUT2D eigenvalue weighted by Crippen LogP contribution is -2.18. The van der Waals surface area contributed by atoms with Crippen LogP contribution in [0.25, 0.3) is 22.3 Å². The minimum absolute atomic E-state index is 0.257. The number of carbonyl (C=O) groups is 1. The first kappa shape index (κ1) is 18.5. The van der Waals surface area contributed by atoms with Crippen molar-refractivity contribution in [1.29, 1.82) is 0 Å². The maximum Gasteiger partial charge on any atom is 0.319 e. The lowest BCUT2D eigenvalue weighted by molar-refractivity contribution is -0.142. The molecule has 0 amide bonds. The number of ether oxygens (including phenoxy) is 2. The molecule has 1 atom stereocenters. The van der Waals surface area contributed by atoms with Gasteiger partial charge in [-0.1, -0.05) is 30.0 Å². The largest absolute Gasteiger partial charge is 0.465 e. The fourth-order valence-electron chi connectivity index (χ4n) is 2.68. The Labute approximate surface area is 156 Å². The summed E-state index contributed by atoms with van der Waals surface area (Å²) >= 11 is 1.34. The van der Waals surface area contributed by atoms with Crippen LogP contribution in [0.4, 0.5) is 0 Å². The summed E-state index contributed by atoms with van der Waals surface area (Å²) in [5.41, 5.74) is 2.01. The standard InChI is InChI=1S/C18H22N4O3S/c1-4-25-17(23)12(2)26-18-21-20-16(22(18)9-10-24-3)14-11-19-15-8-6-5-7-13(14)15/h5-8,11-12,19H,4,9-10H2,1-3H3/t12-/m1/s1. The summed E-state index contributed by atoms with van der Waals surface area (Å²) in [7, 11) is 1.66. The summed E-state index contributed by atoms with van der Waals surface area (Å²) in [6, 6.07) is 8.05. The highest BCUT2D eigenvalue weighted by molar-refractivity contribution is 8.00. The highest BCUT2D eigenvalue weighted by Crippen LogP contribution is 2.31. The minimum atomic E-state index is -0.365. The van der Waals surface area contributed by atoms with Crippen LogP contribution in [0.2, 0.25) is 0 Å². The number of H-pyrrole nitrogens is 1. The molecule has 0 unspecified atom stereocenters. The van der Waals surface area contributed by atoms with Crippen LogP contribution in [0, 0.1) is 0 Å². The van der Waals surface area contributed by atoms with Gasteiger partial charge in [0.15, 0.2) is 11.0 Å². The van der Waals surface area contributed by atoms with E-state index in [1.807, 2.05) is 42.0 Å². The molecule has 138 valence electrons. The minimum Gasteiger partial charge on any atom is -0.465 e. The number of hydrogen-bond acceptors (Lipinski definition) is 6. The SMILES string of the molecule is CCOC(=O)[C@@H](C)Sc1nnc(-c2c[nH]c3ccccc23)n1CCOC. The van der Waals surface area contributed by atoms with Crippen molar-refractivity contribution in [1.82, 2.24) is 19.7 Å². The molecule has 1 N–H and O–H groups in total. The fraction of sp³-hybridized carbons (Fsp3) is 0.389. The zero-order valence-electron chi connectivity index (χ0n) is 15.1. The maximum absolute atomic E-state index is 12.0. The van der Waals surface area contributed by atoms with Crippen LogP contribution in [0.3, 0.4) is 0 Å². The van der Waals surface area contributed by atoms with E-state index in [2.05, 4.69) is 15.2 Å². The number of esters is 1. The van der Waals surface area contributed by atoms with E-state index in [4.69, 9.17) is 9.47 Å². The van der Waals surface area contributed by atoms with E-state index in [-0.39, 0.29) is 11.2 Å². The Kier molecular flexibility index (Phi) is 5.95. The van der Waals surface area contributed by atoms with Gasteiger partial charge in [-0.15, -0.1) is 10.2 Å². The molecule has 0 aliphatic heterocycles. The van der Waals surface area contributed by atoms with Gasteiger partial charge in [-0.3, -0.25) is 9.36 Å². The topological polar surface area (TPSA) is 82.0 Å². The van der Waals surface area contributed by atoms with Crippen molar-refractivity contribution in [2.45, 2.75) is 30.8 Å². The average molecular weight is 374 g/mol. The number of rotatable bonds is 8. The van der Waals surface area contributed by atoms with E-state index in [1.165, 1.54) is 11.8 Å². The predicted molar refractivity (Wildman–Crippen MR) is 101 cm³/mol. The Morgan fingerprint density at radius 1 is 1.35 bits per heavy atom. The van der Waals surface area contributed by atoms with Crippen molar-refractivity contribution in [3.05, 3.63) is 30.5 Å². The predicted octanol–water partition coefficient (Wildman–Crippen LogP) is 3.12. The quantitative estimate of drug-likeness (QED) is 0.482. The molecule has 0 radical (unpaired) electrons. The van der Waals surface area contributed by atoms with Crippen LogP contribution in [0.1, 0.15) is 13.8 Å². The summed E-state index contributed by atoms with van der Waals surface area (Å²) in [6.07, 6.45) is 1.93. The van der Waals surface area contributed by atoms with Gasteiger partial charge in [0.25, 0.3) is 0 Å². The van der Waals surface area contributed by atoms with Crippen LogP contribution >= 0.6 is 11.8 Å². The molecule has 0 aliphatic carbocycles. The summed E-state index contributed by atoms with van der Waals surface area (Å²) < 4.78 is 12.3. The van der Waals surface area contributed by atoms with Crippen molar-refractivity contribution in [3.63, 3.8) is 0 Å². The molecule has 7 nitrogen and oxygen atoms in total. The van der Waals surface area contributed by atoms with Gasteiger partial charge in [0.2, 0.25) is 0 Å². The normalized spacial score (nSPS) is 12.4. The van der Waals surface area contributed by atoms with Crippen molar-refractivity contribution in [3.8, 4) is 11.4 Å². The molecule has 2 aromatic heterocycles. The van der Waals surface area contributed by atoms with Gasteiger partial charge in [0.1, 0.15) is 5.25 Å². The smallest absolute Gasteiger partial charge is 0.319 e. The number of methoxy groups -OCH3 is 1. The zero-order valence-corrected chi connectivity index (χ0v) is 15.9. The molecular formula is C18H22N4O3S. The fourth-order valence-corrected chi connectivity index (χ4v) is 3.56. The first-order chi connectivity index (χ1) is 12.7. The molecule has 0 saturated carbocycles. The summed E-state index contributed by atoms with van der Waals surface area (Å²) in [4.78, 5) is 15.2. The molecule has 0 bridgehead atoms. The van der Waals surface area contributed by atoms with Crippen LogP contribution in [0.15, 0.2) is 35.6 Å². The number of carbonyl (C=O) groups excluding carboxylic acids is 1. The monoisotopic (exact) mass is 374 g/mol. The Morgan fingerprint density at radius 2 is 2.15 bits per heavy atom. The van der Waals surface area contributed by atoms with Crippen LogP contribution < -0.4 is 0 Å². The van der Waals surface area contributed by atoms with Gasteiger partial charge in [-0.05, 0) is 19.9 Å². The number of aromatic amines is 1. The highest BCUT2D eigenvalue weighted by Gasteiger charge is 2.22. The second-order valence-electron chi connectivity index (χ2n) is 5.71. The third-order valence-electron chi connectivity index (χ3n) is 3.97. The third kappa shape index (κ3) is 3.76. The van der Waals surface area contributed by atoms with E-state index in [1.54, 1.807) is 14.0 Å². The van der Waals surface area contributed by atoms with Crippen molar-refractivity contribution < 1.29 is 14.3 Å². The van der Waals surface area contributed by atoms with E-state index in [9.17, 15) is 4.79 Å². The average Bonchev–Trinajstić information content (AvgIpc) is 3.23. The van der Waals surface area contributed by atoms with Gasteiger partial charge in [-0.25, -0.2) is 0 Å². The van der Waals surface area contributed by atoms with Crippen molar-refractivity contribution in [2.75, 3.05) is 20.3 Å². The second-order valence-corrected chi connectivity index (χ2v) is 7.02. The third-order valence-corrected chi connectivity index (χ3v) is 5.03. The van der Waals surface area contributed by atoms with Gasteiger partial charge in [0.05, 0.1) is 19.8 Å². The zero-order chi connectivity index (χ0) is 18.5. The molecule has 8 heteroatoms. The van der Waals surface area contributed by atoms with E-state index >= 15 is 0 Å². The molecule has 3 aromatic rings. The second kappa shape index (κ2) is 8.37. The van der Waals surface area contributed by atoms with Crippen molar-refractivity contribution >= 4 is 28.6 Å². The first-order valence-electron chi connectivity index (χ1n) is 8.47. The van der Waals surface area contributed by atoms with E-state index in [0.29, 0.717) is 24.9 Å². The molecule has 3 rings (SSSR count). The van der Waals surface area contributed by atoms with Crippen molar-refractivity contribution in [2.24, 2.45) is 0 Å². The summed E-state index contributed by atoms with van der Waals surface area (Å²) in [5.74, 6) is 0.491. The van der Waals surface area contributed by atoms with E-state index < -0.39 is 0 Å². The van der Waals surface area contributed by atoms with Crippen LogP contribution in [-0.4, -0.2) is 51.3 Å². The molecule has 0 spiro atoms. The molecule has 0 fully saturated rings. The number of nitrogens with one attached hydrogen (secondary N) is 1. The van der Waals surface area contributed by atoms with Gasteiger partial charge < -0.3 is 14.5 Å². The highest BCUT2D eigenvalue weighted by atomic mass is 32.2. The maximum atomic E-state index is 12.0. The number of fused-ring (bicyclic) bond motifs is 1. The number of aromatic nitrogens is 4. The number of benzene rings is 1. The van der Waals surface area contributed by atoms with Crippen LogP contribution in [0.5, 0.6) is 0 Å². The number of nitrogens with zero attached hydrogens (tertiary/aromatic N) is 3. The molecular weight excluding hydrogens is 352 g/mol. The number of para-hydroxylation sites is 1. The molecule has 1 aromatic carbocycles. The molecule has 0 saturated heterocycles. The Balaban J connectivity index is 1.96. The molecule has 26 heavy (non-hydrogen) atoms. The van der Waals surface area contributed by atoms with Gasteiger partial charge in [-0.2, -0.15) is 0 Å². The Bertz CT molecular complexity index is 890. The Hall–Kier alpha value is -2.32. The molecule has 0 aliphatic rings. The lowest BCUT2D eigenvalue weighted by atomic mass is 10.1. The summed E-state index contributed by atoms with van der Waals surface area (Å²) in [5, 5.41) is 10.1. The van der Waals surface area contributed by atoms with Gasteiger partial charge in [0, 0.05) is 29.8 Å². The summed E-state index contributed by atoms with van der Waals surface area (Å²) in [6.45, 7) is 5.08.